The number of benzene rings is 1. The SMILES string of the molecule is COCCN(CC1(c2ccc(N)cc2)CC1)C(C)C1CC1. The van der Waals surface area contributed by atoms with Gasteiger partial charge in [-0.15, -0.1) is 0 Å². The zero-order valence-corrected chi connectivity index (χ0v) is 13.3. The van der Waals surface area contributed by atoms with Gasteiger partial charge in [-0.05, 0) is 56.2 Å². The van der Waals surface area contributed by atoms with Crippen molar-refractivity contribution in [2.45, 2.75) is 44.1 Å². The molecule has 2 aliphatic rings. The number of rotatable bonds is 8. The van der Waals surface area contributed by atoms with Gasteiger partial charge in [-0.3, -0.25) is 4.90 Å². The van der Waals surface area contributed by atoms with Gasteiger partial charge in [0.1, 0.15) is 0 Å². The van der Waals surface area contributed by atoms with Crippen LogP contribution in [0.3, 0.4) is 0 Å². The predicted molar refractivity (Wildman–Crippen MR) is 87.4 cm³/mol. The summed E-state index contributed by atoms with van der Waals surface area (Å²) in [4.78, 5) is 2.66. The van der Waals surface area contributed by atoms with Crippen LogP contribution in [-0.4, -0.2) is 37.7 Å². The van der Waals surface area contributed by atoms with Crippen molar-refractivity contribution in [2.75, 3.05) is 32.5 Å². The highest BCUT2D eigenvalue weighted by atomic mass is 16.5. The van der Waals surface area contributed by atoms with Crippen molar-refractivity contribution in [3.8, 4) is 0 Å². The minimum absolute atomic E-state index is 0.366. The normalized spacial score (nSPS) is 21.5. The lowest BCUT2D eigenvalue weighted by atomic mass is 9.94. The molecule has 3 nitrogen and oxygen atoms in total. The molecule has 0 saturated heterocycles. The van der Waals surface area contributed by atoms with E-state index in [1.54, 1.807) is 7.11 Å². The first-order valence-electron chi connectivity index (χ1n) is 8.24. The number of nitrogen functional groups attached to an aromatic ring is 1. The van der Waals surface area contributed by atoms with Crippen LogP contribution in [0.4, 0.5) is 5.69 Å². The monoisotopic (exact) mass is 288 g/mol. The second-order valence-corrected chi connectivity index (χ2v) is 6.94. The summed E-state index contributed by atoms with van der Waals surface area (Å²) in [6.07, 6.45) is 5.41. The van der Waals surface area contributed by atoms with E-state index in [2.05, 4.69) is 24.0 Å². The Morgan fingerprint density at radius 3 is 2.48 bits per heavy atom. The van der Waals surface area contributed by atoms with Crippen LogP contribution >= 0.6 is 0 Å². The van der Waals surface area contributed by atoms with Crippen molar-refractivity contribution >= 4 is 5.69 Å². The molecular weight excluding hydrogens is 260 g/mol. The van der Waals surface area contributed by atoms with Crippen molar-refractivity contribution in [3.63, 3.8) is 0 Å². The maximum atomic E-state index is 5.83. The van der Waals surface area contributed by atoms with Crippen molar-refractivity contribution in [3.05, 3.63) is 29.8 Å². The summed E-state index contributed by atoms with van der Waals surface area (Å²) in [5.74, 6) is 0.907. The highest BCUT2D eigenvalue weighted by Crippen LogP contribution is 2.49. The fraction of sp³-hybridized carbons (Fsp3) is 0.667. The Morgan fingerprint density at radius 2 is 1.95 bits per heavy atom. The van der Waals surface area contributed by atoms with Crippen LogP contribution in [0.15, 0.2) is 24.3 Å². The smallest absolute Gasteiger partial charge is 0.0589 e. The van der Waals surface area contributed by atoms with E-state index < -0.39 is 0 Å². The molecule has 1 aromatic carbocycles. The Kier molecular flexibility index (Phi) is 4.23. The summed E-state index contributed by atoms with van der Waals surface area (Å²) >= 11 is 0. The lowest BCUT2D eigenvalue weighted by molar-refractivity contribution is 0.109. The summed E-state index contributed by atoms with van der Waals surface area (Å²) in [6, 6.07) is 9.21. The van der Waals surface area contributed by atoms with E-state index in [9.17, 15) is 0 Å². The molecule has 0 heterocycles. The first kappa shape index (κ1) is 14.9. The van der Waals surface area contributed by atoms with Gasteiger partial charge < -0.3 is 10.5 Å². The number of anilines is 1. The molecule has 21 heavy (non-hydrogen) atoms. The Labute approximate surface area is 128 Å². The third-order valence-corrected chi connectivity index (χ3v) is 5.35. The van der Waals surface area contributed by atoms with Crippen LogP contribution in [0.5, 0.6) is 0 Å². The minimum atomic E-state index is 0.366. The van der Waals surface area contributed by atoms with Gasteiger partial charge in [-0.25, -0.2) is 0 Å². The molecule has 0 amide bonds. The first-order chi connectivity index (χ1) is 10.1. The van der Waals surface area contributed by atoms with Gasteiger partial charge in [-0.1, -0.05) is 12.1 Å². The molecular formula is C18H28N2O. The second kappa shape index (κ2) is 5.98. The molecule has 0 bridgehead atoms. The van der Waals surface area contributed by atoms with E-state index >= 15 is 0 Å². The molecule has 1 aromatic rings. The van der Waals surface area contributed by atoms with E-state index in [-0.39, 0.29) is 0 Å². The Hall–Kier alpha value is -1.06. The number of hydrogen-bond donors (Lipinski definition) is 1. The molecule has 3 rings (SSSR count). The molecule has 2 N–H and O–H groups in total. The summed E-state index contributed by atoms with van der Waals surface area (Å²) in [7, 11) is 1.80. The summed E-state index contributed by atoms with van der Waals surface area (Å²) in [5, 5.41) is 0. The van der Waals surface area contributed by atoms with Gasteiger partial charge in [0.2, 0.25) is 0 Å². The highest BCUT2D eigenvalue weighted by molar-refractivity contribution is 5.43. The van der Waals surface area contributed by atoms with Crippen molar-refractivity contribution in [1.82, 2.24) is 4.90 Å². The Balaban J connectivity index is 1.70. The molecule has 2 saturated carbocycles. The highest BCUT2D eigenvalue weighted by Gasteiger charge is 2.46. The lowest BCUT2D eigenvalue weighted by Crippen LogP contribution is -2.42. The van der Waals surface area contributed by atoms with Crippen LogP contribution in [0.25, 0.3) is 0 Å². The molecule has 2 aliphatic carbocycles. The van der Waals surface area contributed by atoms with Gasteiger partial charge in [0, 0.05) is 37.3 Å². The number of nitrogens with two attached hydrogens (primary N) is 1. The molecule has 0 aromatic heterocycles. The van der Waals surface area contributed by atoms with Gasteiger partial charge in [0.05, 0.1) is 6.61 Å². The molecule has 1 atom stereocenters. The summed E-state index contributed by atoms with van der Waals surface area (Å²) in [5.41, 5.74) is 8.51. The number of methoxy groups -OCH3 is 1. The average Bonchev–Trinajstić information content (AvgIpc) is 3.37. The fourth-order valence-electron chi connectivity index (χ4n) is 3.43. The standard InChI is InChI=1S/C18H28N2O/c1-14(15-3-4-15)20(11-12-21-2)13-18(9-10-18)16-5-7-17(19)8-6-16/h5-8,14-15H,3-4,9-13,19H2,1-2H3. The Bertz CT molecular complexity index is 463. The van der Waals surface area contributed by atoms with Gasteiger partial charge in [0.25, 0.3) is 0 Å². The zero-order valence-electron chi connectivity index (χ0n) is 13.3. The van der Waals surface area contributed by atoms with Crippen LogP contribution in [-0.2, 0) is 10.2 Å². The summed E-state index contributed by atoms with van der Waals surface area (Å²) in [6.45, 7) is 5.43. The summed E-state index contributed by atoms with van der Waals surface area (Å²) < 4.78 is 5.32. The largest absolute Gasteiger partial charge is 0.399 e. The number of nitrogens with zero attached hydrogens (tertiary/aromatic N) is 1. The van der Waals surface area contributed by atoms with Crippen LogP contribution in [0.2, 0.25) is 0 Å². The number of hydrogen-bond acceptors (Lipinski definition) is 3. The van der Waals surface area contributed by atoms with E-state index in [0.29, 0.717) is 11.5 Å². The van der Waals surface area contributed by atoms with Crippen LogP contribution < -0.4 is 5.73 Å². The van der Waals surface area contributed by atoms with Crippen molar-refractivity contribution in [1.29, 1.82) is 0 Å². The topological polar surface area (TPSA) is 38.5 Å². The molecule has 1 unspecified atom stereocenters. The van der Waals surface area contributed by atoms with Gasteiger partial charge >= 0.3 is 0 Å². The van der Waals surface area contributed by atoms with E-state index in [4.69, 9.17) is 10.5 Å². The molecule has 0 radical (unpaired) electrons. The molecule has 0 spiro atoms. The van der Waals surface area contributed by atoms with Crippen molar-refractivity contribution < 1.29 is 4.74 Å². The average molecular weight is 288 g/mol. The van der Waals surface area contributed by atoms with Crippen LogP contribution in [0.1, 0.15) is 38.2 Å². The second-order valence-electron chi connectivity index (χ2n) is 6.94. The first-order valence-corrected chi connectivity index (χ1v) is 8.24. The van der Waals surface area contributed by atoms with Crippen molar-refractivity contribution in [2.24, 2.45) is 5.92 Å². The Morgan fingerprint density at radius 1 is 1.29 bits per heavy atom. The fourth-order valence-corrected chi connectivity index (χ4v) is 3.43. The maximum Gasteiger partial charge on any atom is 0.0589 e. The quantitative estimate of drug-likeness (QED) is 0.747. The third kappa shape index (κ3) is 3.41. The third-order valence-electron chi connectivity index (χ3n) is 5.35. The minimum Gasteiger partial charge on any atom is -0.399 e. The van der Waals surface area contributed by atoms with Crippen LogP contribution in [0, 0.1) is 5.92 Å². The van der Waals surface area contributed by atoms with Gasteiger partial charge in [0.15, 0.2) is 0 Å². The van der Waals surface area contributed by atoms with Gasteiger partial charge in [-0.2, -0.15) is 0 Å². The molecule has 116 valence electrons. The number of ether oxygens (including phenoxy) is 1. The molecule has 3 heteroatoms. The van der Waals surface area contributed by atoms with E-state index in [1.165, 1.54) is 31.2 Å². The maximum absolute atomic E-state index is 5.83. The predicted octanol–water partition coefficient (Wildman–Crippen LogP) is 3.05. The van der Waals surface area contributed by atoms with E-state index in [0.717, 1.165) is 31.3 Å². The lowest BCUT2D eigenvalue weighted by Gasteiger charge is -2.33. The molecule has 0 aliphatic heterocycles. The van der Waals surface area contributed by atoms with E-state index in [1.807, 2.05) is 12.1 Å². The molecule has 2 fully saturated rings. The zero-order chi connectivity index (χ0) is 14.9.